The Labute approximate surface area is 161 Å². The van der Waals surface area contributed by atoms with Gasteiger partial charge in [0.2, 0.25) is 5.91 Å². The fraction of sp³-hybridized carbons (Fsp3) is 0.438. The molecule has 0 saturated carbocycles. The second-order valence-corrected chi connectivity index (χ2v) is 7.26. The van der Waals surface area contributed by atoms with E-state index >= 15 is 0 Å². The Morgan fingerprint density at radius 1 is 1.36 bits per heavy atom. The topological polar surface area (TPSA) is 105 Å². The summed E-state index contributed by atoms with van der Waals surface area (Å²) in [6, 6.07) is 3.18. The van der Waals surface area contributed by atoms with Gasteiger partial charge >= 0.3 is 6.03 Å². The van der Waals surface area contributed by atoms with Crippen LogP contribution in [0.2, 0.25) is 0 Å². The van der Waals surface area contributed by atoms with E-state index in [0.29, 0.717) is 17.8 Å². The number of carbonyl (C=O) groups is 3. The summed E-state index contributed by atoms with van der Waals surface area (Å²) in [5, 5.41) is 5.36. The number of rotatable bonds is 5. The highest BCUT2D eigenvalue weighted by molar-refractivity contribution is 9.10. The number of aryl methyl sites for hydroxylation is 1. The van der Waals surface area contributed by atoms with Gasteiger partial charge in [0.25, 0.3) is 5.91 Å². The number of nitrogens with one attached hydrogen (secondary N) is 2. The molecule has 0 atom stereocenters. The van der Waals surface area contributed by atoms with Crippen LogP contribution >= 0.6 is 28.3 Å². The highest BCUT2D eigenvalue weighted by Crippen LogP contribution is 2.27. The summed E-state index contributed by atoms with van der Waals surface area (Å²) in [4.78, 5) is 37.0. The van der Waals surface area contributed by atoms with Crippen LogP contribution in [0.15, 0.2) is 16.6 Å². The lowest BCUT2D eigenvalue weighted by Crippen LogP contribution is -2.40. The Kier molecular flexibility index (Phi) is 6.84. The third-order valence-electron chi connectivity index (χ3n) is 3.86. The van der Waals surface area contributed by atoms with Crippen LogP contribution in [0.3, 0.4) is 0 Å². The molecule has 9 heteroatoms. The lowest BCUT2D eigenvalue weighted by Gasteiger charge is -2.16. The maximum atomic E-state index is 12.1. The molecule has 138 valence electrons. The van der Waals surface area contributed by atoms with E-state index in [2.05, 4.69) is 26.6 Å². The van der Waals surface area contributed by atoms with Crippen molar-refractivity contribution in [2.75, 3.05) is 17.6 Å². The second-order valence-electron chi connectivity index (χ2n) is 6.35. The normalized spacial score (nSPS) is 15.6. The van der Waals surface area contributed by atoms with Crippen LogP contribution in [0.5, 0.6) is 0 Å². The zero-order valence-corrected chi connectivity index (χ0v) is 16.7. The number of nitrogens with zero attached hydrogens (tertiary/aromatic N) is 1. The van der Waals surface area contributed by atoms with Crippen molar-refractivity contribution in [3.05, 3.63) is 22.2 Å². The third-order valence-corrected chi connectivity index (χ3v) is 4.31. The van der Waals surface area contributed by atoms with Gasteiger partial charge in [-0.2, -0.15) is 0 Å². The van der Waals surface area contributed by atoms with Gasteiger partial charge in [-0.1, -0.05) is 15.9 Å². The standard InChI is InChI=1S/C16H21BrN4O3.ClH/c1-9-7-10(17)8-11(13(9)18)19-12(22)5-4-6-21-14(23)16(2,3)20-15(21)24;/h7-8H,4-6,18H2,1-3H3,(H,19,22)(H,20,24);1H. The molecule has 4 amide bonds. The highest BCUT2D eigenvalue weighted by atomic mass is 79.9. The molecular weight excluding hydrogens is 412 g/mol. The van der Waals surface area contributed by atoms with Crippen molar-refractivity contribution in [1.82, 2.24) is 10.2 Å². The van der Waals surface area contributed by atoms with E-state index in [9.17, 15) is 14.4 Å². The predicted molar refractivity (Wildman–Crippen MR) is 103 cm³/mol. The molecule has 1 aliphatic rings. The van der Waals surface area contributed by atoms with E-state index in [1.807, 2.05) is 13.0 Å². The molecule has 2 rings (SSSR count). The third kappa shape index (κ3) is 4.85. The van der Waals surface area contributed by atoms with Crippen LogP contribution in [-0.2, 0) is 9.59 Å². The molecule has 1 saturated heterocycles. The maximum Gasteiger partial charge on any atom is 0.325 e. The van der Waals surface area contributed by atoms with E-state index in [1.165, 1.54) is 0 Å². The Morgan fingerprint density at radius 3 is 2.56 bits per heavy atom. The number of carbonyl (C=O) groups excluding carboxylic acids is 3. The average Bonchev–Trinajstić information content (AvgIpc) is 2.66. The predicted octanol–water partition coefficient (Wildman–Crippen LogP) is 2.81. The summed E-state index contributed by atoms with van der Waals surface area (Å²) >= 11 is 3.36. The van der Waals surface area contributed by atoms with Crippen LogP contribution < -0.4 is 16.4 Å². The van der Waals surface area contributed by atoms with Crippen molar-refractivity contribution in [3.63, 3.8) is 0 Å². The van der Waals surface area contributed by atoms with E-state index in [4.69, 9.17) is 5.73 Å². The smallest absolute Gasteiger partial charge is 0.325 e. The summed E-state index contributed by atoms with van der Waals surface area (Å²) in [6.07, 6.45) is 0.566. The van der Waals surface area contributed by atoms with Crippen LogP contribution in [-0.4, -0.2) is 34.8 Å². The van der Waals surface area contributed by atoms with Gasteiger partial charge in [0.1, 0.15) is 5.54 Å². The number of nitrogen functional groups attached to an aromatic ring is 1. The van der Waals surface area contributed by atoms with Crippen LogP contribution in [0, 0.1) is 6.92 Å². The Morgan fingerprint density at radius 2 is 2.00 bits per heavy atom. The molecule has 0 radical (unpaired) electrons. The quantitative estimate of drug-likeness (QED) is 0.490. The second kappa shape index (κ2) is 8.05. The van der Waals surface area contributed by atoms with Crippen LogP contribution in [0.4, 0.5) is 16.2 Å². The summed E-state index contributed by atoms with van der Waals surface area (Å²) in [5.41, 5.74) is 6.99. The Hall–Kier alpha value is -1.80. The number of nitrogens with two attached hydrogens (primary N) is 1. The first-order chi connectivity index (χ1) is 11.1. The first-order valence-electron chi connectivity index (χ1n) is 7.61. The number of amides is 4. The van der Waals surface area contributed by atoms with Crippen molar-refractivity contribution in [2.45, 2.75) is 39.2 Å². The van der Waals surface area contributed by atoms with Gasteiger partial charge in [0.05, 0.1) is 11.4 Å². The van der Waals surface area contributed by atoms with E-state index in [-0.39, 0.29) is 37.2 Å². The van der Waals surface area contributed by atoms with Crippen LogP contribution in [0.1, 0.15) is 32.3 Å². The van der Waals surface area contributed by atoms with Gasteiger partial charge < -0.3 is 16.4 Å². The number of hydrogen-bond donors (Lipinski definition) is 3. The average molecular weight is 434 g/mol. The van der Waals surface area contributed by atoms with Crippen molar-refractivity contribution in [3.8, 4) is 0 Å². The first-order valence-corrected chi connectivity index (χ1v) is 8.40. The molecule has 4 N–H and O–H groups in total. The monoisotopic (exact) mass is 432 g/mol. The molecule has 1 aromatic carbocycles. The number of anilines is 2. The number of imide groups is 1. The summed E-state index contributed by atoms with van der Waals surface area (Å²) in [5.74, 6) is -0.495. The van der Waals surface area contributed by atoms with Crippen molar-refractivity contribution in [2.24, 2.45) is 0 Å². The number of halogens is 2. The lowest BCUT2D eigenvalue weighted by molar-refractivity contribution is -0.130. The van der Waals surface area contributed by atoms with Crippen LogP contribution in [0.25, 0.3) is 0 Å². The van der Waals surface area contributed by atoms with Gasteiger partial charge in [-0.15, -0.1) is 12.4 Å². The molecule has 1 heterocycles. The van der Waals surface area contributed by atoms with Gasteiger partial charge in [-0.05, 0) is 44.9 Å². The van der Waals surface area contributed by atoms with E-state index in [1.54, 1.807) is 19.9 Å². The van der Waals surface area contributed by atoms with Gasteiger partial charge in [-0.3, -0.25) is 14.5 Å². The molecule has 0 aliphatic carbocycles. The Bertz CT molecular complexity index is 709. The summed E-state index contributed by atoms with van der Waals surface area (Å²) in [6.45, 7) is 5.36. The fourth-order valence-electron chi connectivity index (χ4n) is 2.49. The molecule has 0 unspecified atom stereocenters. The van der Waals surface area contributed by atoms with Gasteiger partial charge in [0, 0.05) is 17.4 Å². The van der Waals surface area contributed by atoms with Gasteiger partial charge in [-0.25, -0.2) is 4.79 Å². The zero-order valence-electron chi connectivity index (χ0n) is 14.3. The molecule has 0 aromatic heterocycles. The highest BCUT2D eigenvalue weighted by Gasteiger charge is 2.43. The minimum atomic E-state index is -0.887. The van der Waals surface area contributed by atoms with E-state index < -0.39 is 11.6 Å². The molecule has 0 spiro atoms. The van der Waals surface area contributed by atoms with Crippen molar-refractivity contribution in [1.29, 1.82) is 0 Å². The zero-order chi connectivity index (χ0) is 18.1. The first kappa shape index (κ1) is 21.2. The largest absolute Gasteiger partial charge is 0.397 e. The number of benzene rings is 1. The number of hydrogen-bond acceptors (Lipinski definition) is 4. The molecule has 1 fully saturated rings. The van der Waals surface area contributed by atoms with Crippen molar-refractivity contribution >= 4 is 57.6 Å². The molecule has 1 aromatic rings. The minimum absolute atomic E-state index is 0. The van der Waals surface area contributed by atoms with E-state index in [0.717, 1.165) is 14.9 Å². The minimum Gasteiger partial charge on any atom is -0.397 e. The molecular formula is C16H22BrClN4O3. The number of urea groups is 1. The lowest BCUT2D eigenvalue weighted by atomic mass is 10.1. The fourth-order valence-corrected chi connectivity index (χ4v) is 3.06. The molecule has 0 bridgehead atoms. The SMILES string of the molecule is Cc1cc(Br)cc(NC(=O)CCCN2C(=O)NC(C)(C)C2=O)c1N.Cl. The molecule has 1 aliphatic heterocycles. The molecule has 7 nitrogen and oxygen atoms in total. The maximum absolute atomic E-state index is 12.1. The Balaban J connectivity index is 0.00000312. The van der Waals surface area contributed by atoms with Crippen molar-refractivity contribution < 1.29 is 14.4 Å². The summed E-state index contributed by atoms with van der Waals surface area (Å²) < 4.78 is 0.825. The van der Waals surface area contributed by atoms with Gasteiger partial charge in [0.15, 0.2) is 0 Å². The molecule has 25 heavy (non-hydrogen) atoms. The summed E-state index contributed by atoms with van der Waals surface area (Å²) in [7, 11) is 0.